The van der Waals surface area contributed by atoms with E-state index in [0.717, 1.165) is 33.9 Å². The molecule has 0 saturated heterocycles. The first-order valence-electron chi connectivity index (χ1n) is 9.22. The summed E-state index contributed by atoms with van der Waals surface area (Å²) < 4.78 is 7.27. The largest absolute Gasteiger partial charge is 0.497 e. The summed E-state index contributed by atoms with van der Waals surface area (Å²) in [5.41, 5.74) is 3.65. The van der Waals surface area contributed by atoms with Crippen LogP contribution >= 0.6 is 0 Å². The van der Waals surface area contributed by atoms with Gasteiger partial charge in [-0.2, -0.15) is 0 Å². The SMILES string of the molecule is COc1ccc([C@@H](O)[C@@H](Nc2ccccc2)c2nc3ccccc3n2C)cc1. The van der Waals surface area contributed by atoms with Crippen molar-refractivity contribution >= 4 is 16.7 Å². The number of hydrogen-bond acceptors (Lipinski definition) is 4. The molecule has 0 fully saturated rings. The monoisotopic (exact) mass is 373 g/mol. The molecule has 142 valence electrons. The number of hydrogen-bond donors (Lipinski definition) is 2. The number of fused-ring (bicyclic) bond motifs is 1. The van der Waals surface area contributed by atoms with Crippen LogP contribution in [0.4, 0.5) is 5.69 Å². The Bertz CT molecular complexity index is 1060. The van der Waals surface area contributed by atoms with Crippen LogP contribution in [0.5, 0.6) is 5.75 Å². The summed E-state index contributed by atoms with van der Waals surface area (Å²) in [7, 11) is 3.61. The summed E-state index contributed by atoms with van der Waals surface area (Å²) >= 11 is 0. The predicted octanol–water partition coefficient (Wildman–Crippen LogP) is 4.47. The zero-order valence-corrected chi connectivity index (χ0v) is 15.9. The Balaban J connectivity index is 1.77. The lowest BCUT2D eigenvalue weighted by Gasteiger charge is -2.25. The average Bonchev–Trinajstić information content (AvgIpc) is 3.09. The minimum Gasteiger partial charge on any atom is -0.497 e. The van der Waals surface area contributed by atoms with Crippen molar-refractivity contribution in [2.75, 3.05) is 12.4 Å². The number of para-hydroxylation sites is 3. The van der Waals surface area contributed by atoms with E-state index >= 15 is 0 Å². The van der Waals surface area contributed by atoms with E-state index in [1.807, 2.05) is 90.5 Å². The molecule has 0 spiro atoms. The molecule has 1 aromatic heterocycles. The Hall–Kier alpha value is -3.31. The van der Waals surface area contributed by atoms with Gasteiger partial charge in [-0.05, 0) is 42.0 Å². The fraction of sp³-hybridized carbons (Fsp3) is 0.174. The van der Waals surface area contributed by atoms with Crippen molar-refractivity contribution in [1.82, 2.24) is 9.55 Å². The molecule has 3 aromatic carbocycles. The van der Waals surface area contributed by atoms with Gasteiger partial charge in [0, 0.05) is 12.7 Å². The average molecular weight is 373 g/mol. The van der Waals surface area contributed by atoms with Gasteiger partial charge in [0.15, 0.2) is 0 Å². The van der Waals surface area contributed by atoms with E-state index < -0.39 is 12.1 Å². The first-order valence-corrected chi connectivity index (χ1v) is 9.22. The maximum Gasteiger partial charge on any atom is 0.135 e. The normalized spacial score (nSPS) is 13.2. The van der Waals surface area contributed by atoms with Crippen LogP contribution < -0.4 is 10.1 Å². The highest BCUT2D eigenvalue weighted by atomic mass is 16.5. The quantitative estimate of drug-likeness (QED) is 0.524. The van der Waals surface area contributed by atoms with Crippen molar-refractivity contribution in [3.8, 4) is 5.75 Å². The molecule has 28 heavy (non-hydrogen) atoms. The summed E-state index contributed by atoms with van der Waals surface area (Å²) in [6.07, 6.45) is -0.790. The highest BCUT2D eigenvalue weighted by molar-refractivity contribution is 5.76. The molecule has 5 nitrogen and oxygen atoms in total. The van der Waals surface area contributed by atoms with Gasteiger partial charge < -0.3 is 19.7 Å². The highest BCUT2D eigenvalue weighted by Crippen LogP contribution is 2.33. The molecule has 2 N–H and O–H groups in total. The lowest BCUT2D eigenvalue weighted by Crippen LogP contribution is -2.22. The fourth-order valence-corrected chi connectivity index (χ4v) is 3.43. The van der Waals surface area contributed by atoms with Crippen molar-refractivity contribution in [3.63, 3.8) is 0 Å². The van der Waals surface area contributed by atoms with Crippen molar-refractivity contribution in [1.29, 1.82) is 0 Å². The zero-order valence-electron chi connectivity index (χ0n) is 15.9. The molecule has 0 aliphatic carbocycles. The summed E-state index contributed by atoms with van der Waals surface area (Å²) in [5.74, 6) is 1.53. The molecule has 0 unspecified atom stereocenters. The van der Waals surface area contributed by atoms with E-state index in [9.17, 15) is 5.11 Å². The van der Waals surface area contributed by atoms with E-state index in [1.54, 1.807) is 7.11 Å². The summed E-state index contributed by atoms with van der Waals surface area (Å²) in [6.45, 7) is 0. The summed E-state index contributed by atoms with van der Waals surface area (Å²) in [5, 5.41) is 14.7. The third-order valence-corrected chi connectivity index (χ3v) is 4.97. The van der Waals surface area contributed by atoms with Crippen molar-refractivity contribution in [3.05, 3.63) is 90.3 Å². The molecule has 4 rings (SSSR count). The highest BCUT2D eigenvalue weighted by Gasteiger charge is 2.27. The van der Waals surface area contributed by atoms with E-state index in [2.05, 4.69) is 5.32 Å². The van der Waals surface area contributed by atoms with Crippen molar-refractivity contribution in [2.45, 2.75) is 12.1 Å². The molecule has 4 aromatic rings. The first-order chi connectivity index (χ1) is 13.7. The van der Waals surface area contributed by atoms with E-state index in [0.29, 0.717) is 0 Å². The van der Waals surface area contributed by atoms with Crippen LogP contribution in [-0.2, 0) is 7.05 Å². The van der Waals surface area contributed by atoms with Gasteiger partial charge in [-0.25, -0.2) is 4.98 Å². The Kier molecular flexibility index (Phi) is 5.00. The minimum atomic E-state index is -0.790. The number of nitrogens with zero attached hydrogens (tertiary/aromatic N) is 2. The van der Waals surface area contributed by atoms with Crippen LogP contribution in [0.25, 0.3) is 11.0 Å². The minimum absolute atomic E-state index is 0.423. The van der Waals surface area contributed by atoms with Crippen LogP contribution in [0.1, 0.15) is 23.5 Å². The van der Waals surface area contributed by atoms with Crippen LogP contribution in [0.2, 0.25) is 0 Å². The van der Waals surface area contributed by atoms with Gasteiger partial charge in [-0.15, -0.1) is 0 Å². The molecule has 0 bridgehead atoms. The maximum absolute atomic E-state index is 11.3. The number of rotatable bonds is 6. The maximum atomic E-state index is 11.3. The number of aliphatic hydroxyl groups excluding tert-OH is 1. The Morgan fingerprint density at radius 3 is 2.29 bits per heavy atom. The topological polar surface area (TPSA) is 59.3 Å². The molecule has 0 saturated carbocycles. The predicted molar refractivity (Wildman–Crippen MR) is 111 cm³/mol. The molecule has 0 radical (unpaired) electrons. The molecular formula is C23H23N3O2. The number of anilines is 1. The third-order valence-electron chi connectivity index (χ3n) is 4.97. The lowest BCUT2D eigenvalue weighted by atomic mass is 10.0. The molecular weight excluding hydrogens is 350 g/mol. The van der Waals surface area contributed by atoms with E-state index in [-0.39, 0.29) is 0 Å². The fourth-order valence-electron chi connectivity index (χ4n) is 3.43. The Labute approximate surface area is 164 Å². The van der Waals surface area contributed by atoms with Gasteiger partial charge in [0.1, 0.15) is 23.7 Å². The van der Waals surface area contributed by atoms with Crippen molar-refractivity contribution < 1.29 is 9.84 Å². The number of aliphatic hydroxyl groups is 1. The van der Waals surface area contributed by atoms with Gasteiger partial charge >= 0.3 is 0 Å². The standard InChI is InChI=1S/C23H23N3O2/c1-26-20-11-7-6-10-19(20)25-23(26)21(24-17-8-4-3-5-9-17)22(27)16-12-14-18(28-2)15-13-16/h3-15,21-22,24,27H,1-2H3/t21-,22-/m1/s1. The van der Waals surface area contributed by atoms with Gasteiger partial charge in [-0.3, -0.25) is 0 Å². The summed E-state index contributed by atoms with van der Waals surface area (Å²) in [4.78, 5) is 4.80. The van der Waals surface area contributed by atoms with E-state index in [4.69, 9.17) is 9.72 Å². The smallest absolute Gasteiger partial charge is 0.135 e. The summed E-state index contributed by atoms with van der Waals surface area (Å²) in [6, 6.07) is 24.9. The van der Waals surface area contributed by atoms with Gasteiger partial charge in [-0.1, -0.05) is 42.5 Å². The Morgan fingerprint density at radius 2 is 1.61 bits per heavy atom. The number of imidazole rings is 1. The third kappa shape index (κ3) is 3.44. The van der Waals surface area contributed by atoms with E-state index in [1.165, 1.54) is 0 Å². The number of methoxy groups -OCH3 is 1. The second-order valence-electron chi connectivity index (χ2n) is 6.72. The molecule has 5 heteroatoms. The number of aryl methyl sites for hydroxylation is 1. The molecule has 0 aliphatic rings. The Morgan fingerprint density at radius 1 is 0.929 bits per heavy atom. The first kappa shape index (κ1) is 18.1. The number of ether oxygens (including phenoxy) is 1. The number of nitrogens with one attached hydrogen (secondary N) is 1. The zero-order chi connectivity index (χ0) is 19.5. The van der Waals surface area contributed by atoms with Gasteiger partial charge in [0.05, 0.1) is 18.1 Å². The number of benzene rings is 3. The molecule has 1 heterocycles. The van der Waals surface area contributed by atoms with Crippen LogP contribution in [0.3, 0.4) is 0 Å². The van der Waals surface area contributed by atoms with Gasteiger partial charge in [0.25, 0.3) is 0 Å². The second kappa shape index (κ2) is 7.74. The number of aromatic nitrogens is 2. The molecule has 0 aliphatic heterocycles. The van der Waals surface area contributed by atoms with Crippen LogP contribution in [0.15, 0.2) is 78.9 Å². The lowest BCUT2D eigenvalue weighted by molar-refractivity contribution is 0.150. The van der Waals surface area contributed by atoms with Crippen LogP contribution in [0, 0.1) is 0 Å². The van der Waals surface area contributed by atoms with Gasteiger partial charge in [0.2, 0.25) is 0 Å². The molecule has 0 amide bonds. The van der Waals surface area contributed by atoms with Crippen molar-refractivity contribution in [2.24, 2.45) is 7.05 Å². The second-order valence-corrected chi connectivity index (χ2v) is 6.72. The molecule has 2 atom stereocenters. The van der Waals surface area contributed by atoms with Crippen LogP contribution in [-0.4, -0.2) is 21.8 Å².